The highest BCUT2D eigenvalue weighted by molar-refractivity contribution is 5.99. The van der Waals surface area contributed by atoms with Gasteiger partial charge in [0.05, 0.1) is 36.8 Å². The molecule has 2 unspecified atom stereocenters. The van der Waals surface area contributed by atoms with Crippen molar-refractivity contribution in [3.63, 3.8) is 0 Å². The van der Waals surface area contributed by atoms with E-state index in [0.29, 0.717) is 36.8 Å². The first-order chi connectivity index (χ1) is 17.0. The smallest absolute Gasteiger partial charge is 0.291 e. The Kier molecular flexibility index (Phi) is 6.47. The molecule has 2 aromatic carbocycles. The van der Waals surface area contributed by atoms with Gasteiger partial charge in [-0.15, -0.1) is 0 Å². The zero-order chi connectivity index (χ0) is 24.5. The predicted molar refractivity (Wildman–Crippen MR) is 128 cm³/mol. The fraction of sp³-hybridized carbons (Fsp3) is 0.407. The van der Waals surface area contributed by atoms with E-state index in [2.05, 4.69) is 6.92 Å². The highest BCUT2D eigenvalue weighted by Gasteiger charge is 2.44. The minimum atomic E-state index is -0.718. The molecular weight excluding hydrogens is 453 g/mol. The minimum Gasteiger partial charge on any atom is -0.493 e. The number of carbonyl (C=O) groups is 1. The molecular formula is C27H28FNO6. The van der Waals surface area contributed by atoms with Gasteiger partial charge in [-0.1, -0.05) is 19.4 Å². The summed E-state index contributed by atoms with van der Waals surface area (Å²) in [6.07, 6.45) is 3.53. The van der Waals surface area contributed by atoms with Crippen LogP contribution in [-0.4, -0.2) is 43.8 Å². The van der Waals surface area contributed by atoms with Crippen molar-refractivity contribution in [2.75, 3.05) is 26.9 Å². The van der Waals surface area contributed by atoms with Crippen molar-refractivity contribution in [1.29, 1.82) is 0 Å². The van der Waals surface area contributed by atoms with E-state index in [0.717, 1.165) is 31.7 Å². The molecule has 2 atom stereocenters. The average molecular weight is 482 g/mol. The minimum absolute atomic E-state index is 0.0145. The molecule has 35 heavy (non-hydrogen) atoms. The van der Waals surface area contributed by atoms with Gasteiger partial charge in [0.2, 0.25) is 5.76 Å². The number of unbranched alkanes of at least 4 members (excludes halogenated alkanes) is 1. The Morgan fingerprint density at radius 2 is 2.00 bits per heavy atom. The SMILES string of the molecule is CCCCOc1ccc(C2c3c(oc4ccc(F)cc4c3=O)C(=O)N2CC2CCCO2)cc1OC. The highest BCUT2D eigenvalue weighted by Crippen LogP contribution is 2.41. The van der Waals surface area contributed by atoms with Gasteiger partial charge >= 0.3 is 0 Å². The van der Waals surface area contributed by atoms with E-state index in [1.165, 1.54) is 12.1 Å². The monoisotopic (exact) mass is 481 g/mol. The zero-order valence-corrected chi connectivity index (χ0v) is 19.8. The van der Waals surface area contributed by atoms with Crippen LogP contribution in [0.3, 0.4) is 0 Å². The van der Waals surface area contributed by atoms with Gasteiger partial charge in [0.15, 0.2) is 16.9 Å². The number of benzene rings is 2. The Bertz CT molecular complexity index is 1310. The summed E-state index contributed by atoms with van der Waals surface area (Å²) in [4.78, 5) is 28.7. The molecule has 8 heteroatoms. The molecule has 0 bridgehead atoms. The summed E-state index contributed by atoms with van der Waals surface area (Å²) in [5.41, 5.74) is 0.639. The number of hydrogen-bond donors (Lipinski definition) is 0. The van der Waals surface area contributed by atoms with E-state index >= 15 is 0 Å². The van der Waals surface area contributed by atoms with Crippen molar-refractivity contribution in [2.45, 2.75) is 44.8 Å². The zero-order valence-electron chi connectivity index (χ0n) is 19.8. The van der Waals surface area contributed by atoms with E-state index in [1.54, 1.807) is 24.1 Å². The molecule has 3 heterocycles. The number of ether oxygens (including phenoxy) is 3. The van der Waals surface area contributed by atoms with E-state index < -0.39 is 17.3 Å². The molecule has 2 aliphatic heterocycles. The number of halogens is 1. The van der Waals surface area contributed by atoms with Gasteiger partial charge in [0.1, 0.15) is 11.4 Å². The standard InChI is InChI=1S/C27H28FNO6/c1-3-4-11-34-21-9-7-16(13-22(21)32-2)24-23-25(30)19-14-17(28)8-10-20(19)35-26(23)27(31)29(24)15-18-6-5-12-33-18/h7-10,13-14,18,24H,3-6,11-12,15H2,1-2H3. The fourth-order valence-corrected chi connectivity index (χ4v) is 4.84. The summed E-state index contributed by atoms with van der Waals surface area (Å²) >= 11 is 0. The van der Waals surface area contributed by atoms with Crippen molar-refractivity contribution in [3.05, 3.63) is 69.3 Å². The van der Waals surface area contributed by atoms with Crippen LogP contribution in [0.5, 0.6) is 11.5 Å². The van der Waals surface area contributed by atoms with Crippen LogP contribution in [0.4, 0.5) is 4.39 Å². The molecule has 1 amide bonds. The largest absolute Gasteiger partial charge is 0.493 e. The molecule has 2 aliphatic rings. The normalized spacial score (nSPS) is 19.4. The van der Waals surface area contributed by atoms with Gasteiger partial charge in [0.25, 0.3) is 5.91 Å². The Morgan fingerprint density at radius 3 is 2.74 bits per heavy atom. The van der Waals surface area contributed by atoms with Gasteiger partial charge in [-0.25, -0.2) is 4.39 Å². The lowest BCUT2D eigenvalue weighted by Crippen LogP contribution is -2.36. The molecule has 1 aromatic heterocycles. The Labute approximate surface area is 202 Å². The number of fused-ring (bicyclic) bond motifs is 2. The third kappa shape index (κ3) is 4.27. The molecule has 0 saturated carbocycles. The fourth-order valence-electron chi connectivity index (χ4n) is 4.84. The lowest BCUT2D eigenvalue weighted by Gasteiger charge is -2.28. The number of carbonyl (C=O) groups excluding carboxylic acids is 1. The van der Waals surface area contributed by atoms with Crippen LogP contribution in [0, 0.1) is 5.82 Å². The van der Waals surface area contributed by atoms with Crippen molar-refractivity contribution >= 4 is 16.9 Å². The number of rotatable bonds is 8. The lowest BCUT2D eigenvalue weighted by atomic mass is 9.97. The van der Waals surface area contributed by atoms with E-state index in [1.807, 2.05) is 6.07 Å². The van der Waals surface area contributed by atoms with Crippen molar-refractivity contribution < 1.29 is 27.8 Å². The summed E-state index contributed by atoms with van der Waals surface area (Å²) in [6, 6.07) is 8.42. The van der Waals surface area contributed by atoms with Crippen molar-refractivity contribution in [1.82, 2.24) is 4.90 Å². The van der Waals surface area contributed by atoms with Crippen LogP contribution in [0.1, 0.15) is 60.3 Å². The van der Waals surface area contributed by atoms with Gasteiger partial charge in [-0.05, 0) is 55.2 Å². The second kappa shape index (κ2) is 9.70. The Morgan fingerprint density at radius 1 is 1.14 bits per heavy atom. The Hall–Kier alpha value is -3.39. The van der Waals surface area contributed by atoms with E-state index in [-0.39, 0.29) is 34.3 Å². The average Bonchev–Trinajstić information content (AvgIpc) is 3.47. The van der Waals surface area contributed by atoms with Crippen LogP contribution in [-0.2, 0) is 4.74 Å². The Balaban J connectivity index is 1.63. The van der Waals surface area contributed by atoms with Crippen LogP contribution >= 0.6 is 0 Å². The van der Waals surface area contributed by atoms with Crippen molar-refractivity contribution in [3.8, 4) is 11.5 Å². The molecule has 1 fully saturated rings. The topological polar surface area (TPSA) is 78.2 Å². The van der Waals surface area contributed by atoms with Gasteiger partial charge < -0.3 is 23.5 Å². The first kappa shape index (κ1) is 23.4. The third-order valence-electron chi connectivity index (χ3n) is 6.61. The second-order valence-corrected chi connectivity index (χ2v) is 8.92. The van der Waals surface area contributed by atoms with Crippen LogP contribution in [0.15, 0.2) is 45.6 Å². The number of amides is 1. The van der Waals surface area contributed by atoms with E-state index in [4.69, 9.17) is 18.6 Å². The molecule has 0 aliphatic carbocycles. The van der Waals surface area contributed by atoms with Gasteiger partial charge in [0, 0.05) is 13.2 Å². The second-order valence-electron chi connectivity index (χ2n) is 8.92. The highest BCUT2D eigenvalue weighted by atomic mass is 19.1. The maximum Gasteiger partial charge on any atom is 0.291 e. The summed E-state index contributed by atoms with van der Waals surface area (Å²) in [5.74, 6) is 0.155. The van der Waals surface area contributed by atoms with Crippen LogP contribution in [0.2, 0.25) is 0 Å². The molecule has 3 aromatic rings. The van der Waals surface area contributed by atoms with Crippen LogP contribution in [0.25, 0.3) is 11.0 Å². The maximum absolute atomic E-state index is 14.0. The first-order valence-electron chi connectivity index (χ1n) is 12.0. The quantitative estimate of drug-likeness (QED) is 0.429. The van der Waals surface area contributed by atoms with Gasteiger partial charge in [-0.3, -0.25) is 9.59 Å². The molecule has 1 saturated heterocycles. The molecule has 0 N–H and O–H groups in total. The summed E-state index contributed by atoms with van der Waals surface area (Å²) in [6.45, 7) is 3.60. The summed E-state index contributed by atoms with van der Waals surface area (Å²) < 4.78 is 37.1. The number of nitrogens with zero attached hydrogens (tertiary/aromatic N) is 1. The number of hydrogen-bond acceptors (Lipinski definition) is 6. The molecule has 7 nitrogen and oxygen atoms in total. The molecule has 5 rings (SSSR count). The summed E-state index contributed by atoms with van der Waals surface area (Å²) in [5, 5.41) is 0.104. The van der Waals surface area contributed by atoms with Crippen molar-refractivity contribution in [2.24, 2.45) is 0 Å². The third-order valence-corrected chi connectivity index (χ3v) is 6.61. The molecule has 0 spiro atoms. The molecule has 0 radical (unpaired) electrons. The van der Waals surface area contributed by atoms with Crippen LogP contribution < -0.4 is 14.9 Å². The summed E-state index contributed by atoms with van der Waals surface area (Å²) in [7, 11) is 1.55. The van der Waals surface area contributed by atoms with Gasteiger partial charge in [-0.2, -0.15) is 0 Å². The predicted octanol–water partition coefficient (Wildman–Crippen LogP) is 4.84. The number of methoxy groups -OCH3 is 1. The molecule has 184 valence electrons. The maximum atomic E-state index is 14.0. The first-order valence-corrected chi connectivity index (χ1v) is 12.0. The lowest BCUT2D eigenvalue weighted by molar-refractivity contribution is 0.0486. The van der Waals surface area contributed by atoms with E-state index in [9.17, 15) is 14.0 Å².